The summed E-state index contributed by atoms with van der Waals surface area (Å²) in [6.45, 7) is 8.45. The van der Waals surface area contributed by atoms with Crippen molar-refractivity contribution in [3.05, 3.63) is 65.2 Å². The van der Waals surface area contributed by atoms with E-state index in [4.69, 9.17) is 4.74 Å². The van der Waals surface area contributed by atoms with Gasteiger partial charge in [0.1, 0.15) is 17.4 Å². The van der Waals surface area contributed by atoms with E-state index in [2.05, 4.69) is 40.1 Å². The molecule has 0 bridgehead atoms. The number of likely N-dealkylation sites (tertiary alicyclic amines) is 2. The molecule has 2 aliphatic heterocycles. The van der Waals surface area contributed by atoms with Crippen LogP contribution in [0, 0.1) is 17.6 Å². The van der Waals surface area contributed by atoms with Gasteiger partial charge >= 0.3 is 0 Å². The number of hydrogen-bond acceptors (Lipinski definition) is 5. The molecule has 2 heterocycles. The van der Waals surface area contributed by atoms with E-state index >= 15 is 0 Å². The first-order valence-corrected chi connectivity index (χ1v) is 13.0. The Morgan fingerprint density at radius 1 is 1.14 bits per heavy atom. The molecular formula is C28H38F2N4O2. The summed E-state index contributed by atoms with van der Waals surface area (Å²) in [4.78, 5) is 6.61. The maximum Gasteiger partial charge on any atom is 0.178 e. The summed E-state index contributed by atoms with van der Waals surface area (Å²) in [6, 6.07) is 12.1. The molecule has 0 amide bonds. The fourth-order valence-electron chi connectivity index (χ4n) is 5.25. The Labute approximate surface area is 213 Å². The molecule has 0 saturated carbocycles. The summed E-state index contributed by atoms with van der Waals surface area (Å²) in [5.74, 6) is 0.0365. The fourth-order valence-corrected chi connectivity index (χ4v) is 5.25. The molecule has 1 N–H and O–H groups in total. The second-order valence-corrected chi connectivity index (χ2v) is 10.2. The Bertz CT molecular complexity index is 1030. The van der Waals surface area contributed by atoms with Crippen molar-refractivity contribution in [2.75, 3.05) is 46.4 Å². The van der Waals surface area contributed by atoms with E-state index in [1.807, 2.05) is 6.07 Å². The zero-order valence-corrected chi connectivity index (χ0v) is 21.4. The van der Waals surface area contributed by atoms with Gasteiger partial charge in [0.15, 0.2) is 5.84 Å². The number of halogens is 2. The highest BCUT2D eigenvalue weighted by atomic mass is 19.1. The van der Waals surface area contributed by atoms with Crippen LogP contribution in [-0.4, -0.2) is 78.2 Å². The highest BCUT2D eigenvalue weighted by Gasteiger charge is 2.26. The van der Waals surface area contributed by atoms with Crippen LogP contribution in [0.4, 0.5) is 8.78 Å². The van der Waals surface area contributed by atoms with Gasteiger partial charge in [-0.3, -0.25) is 9.80 Å². The van der Waals surface area contributed by atoms with E-state index in [-0.39, 0.29) is 11.4 Å². The van der Waals surface area contributed by atoms with Crippen molar-refractivity contribution in [2.24, 2.45) is 11.1 Å². The Morgan fingerprint density at radius 2 is 1.94 bits per heavy atom. The van der Waals surface area contributed by atoms with E-state index in [9.17, 15) is 14.0 Å². The molecule has 4 rings (SSSR count). The first-order chi connectivity index (χ1) is 17.4. The van der Waals surface area contributed by atoms with Crippen LogP contribution in [0.15, 0.2) is 47.6 Å². The zero-order valence-electron chi connectivity index (χ0n) is 21.4. The Morgan fingerprint density at radius 3 is 2.69 bits per heavy atom. The summed E-state index contributed by atoms with van der Waals surface area (Å²) < 4.78 is 33.7. The van der Waals surface area contributed by atoms with E-state index in [0.717, 1.165) is 50.4 Å². The van der Waals surface area contributed by atoms with Gasteiger partial charge in [-0.1, -0.05) is 17.3 Å². The topological polar surface area (TPSA) is 51.5 Å². The minimum Gasteiger partial charge on any atom is -0.493 e. The molecule has 0 spiro atoms. The maximum atomic E-state index is 14.2. The van der Waals surface area contributed by atoms with Crippen molar-refractivity contribution < 1.29 is 18.7 Å². The molecule has 2 aromatic rings. The van der Waals surface area contributed by atoms with Gasteiger partial charge in [-0.25, -0.2) is 8.78 Å². The van der Waals surface area contributed by atoms with Crippen molar-refractivity contribution in [2.45, 2.75) is 45.2 Å². The first-order valence-electron chi connectivity index (χ1n) is 13.0. The number of benzene rings is 2. The number of hydrogen-bond donors (Lipinski definition) is 1. The molecule has 0 aliphatic carbocycles. The number of ether oxygens (including phenoxy) is 1. The SMILES string of the molecule is CC1CCC(COc2cccc(CN3CCCC3)c2)CN1CCN(C)/C(=N\O)c1ccc(F)cc1F. The Kier molecular flexibility index (Phi) is 9.15. The molecule has 36 heavy (non-hydrogen) atoms. The lowest BCUT2D eigenvalue weighted by Crippen LogP contribution is -2.47. The van der Waals surface area contributed by atoms with Gasteiger partial charge < -0.3 is 14.8 Å². The van der Waals surface area contributed by atoms with E-state index in [1.165, 1.54) is 37.6 Å². The molecule has 6 nitrogen and oxygen atoms in total. The van der Waals surface area contributed by atoms with Crippen molar-refractivity contribution in [1.29, 1.82) is 0 Å². The minimum atomic E-state index is -0.747. The summed E-state index contributed by atoms with van der Waals surface area (Å²) in [5, 5.41) is 12.8. The van der Waals surface area contributed by atoms with Gasteiger partial charge in [-0.15, -0.1) is 0 Å². The summed E-state index contributed by atoms with van der Waals surface area (Å²) in [7, 11) is 1.75. The lowest BCUT2D eigenvalue weighted by Gasteiger charge is -2.38. The fraction of sp³-hybridized carbons (Fsp3) is 0.536. The van der Waals surface area contributed by atoms with E-state index < -0.39 is 11.6 Å². The summed E-state index contributed by atoms with van der Waals surface area (Å²) in [6.07, 6.45) is 4.78. The van der Waals surface area contributed by atoms with Gasteiger partial charge in [0.05, 0.1) is 12.2 Å². The van der Waals surface area contributed by atoms with Gasteiger partial charge in [-0.2, -0.15) is 0 Å². The quantitative estimate of drug-likeness (QED) is 0.232. The highest BCUT2D eigenvalue weighted by Crippen LogP contribution is 2.24. The minimum absolute atomic E-state index is 0.0753. The predicted molar refractivity (Wildman–Crippen MR) is 138 cm³/mol. The molecule has 2 fully saturated rings. The van der Waals surface area contributed by atoms with Gasteiger partial charge in [-0.05, 0) is 75.5 Å². The third kappa shape index (κ3) is 6.95. The van der Waals surface area contributed by atoms with E-state index in [0.29, 0.717) is 25.1 Å². The predicted octanol–water partition coefficient (Wildman–Crippen LogP) is 4.81. The monoisotopic (exact) mass is 500 g/mol. The molecule has 2 saturated heterocycles. The highest BCUT2D eigenvalue weighted by molar-refractivity contribution is 5.98. The van der Waals surface area contributed by atoms with Crippen LogP contribution in [0.2, 0.25) is 0 Å². The van der Waals surface area contributed by atoms with Crippen molar-refractivity contribution in [1.82, 2.24) is 14.7 Å². The van der Waals surface area contributed by atoms with Crippen LogP contribution in [0.3, 0.4) is 0 Å². The molecule has 2 aliphatic rings. The zero-order chi connectivity index (χ0) is 25.5. The normalized spacial score (nSPS) is 21.6. The molecule has 2 aromatic carbocycles. The molecule has 0 aromatic heterocycles. The van der Waals surface area contributed by atoms with Crippen LogP contribution in [-0.2, 0) is 6.54 Å². The second-order valence-electron chi connectivity index (χ2n) is 10.2. The first kappa shape index (κ1) is 26.4. The Hall–Kier alpha value is -2.71. The van der Waals surface area contributed by atoms with Crippen LogP contribution in [0.5, 0.6) is 5.75 Å². The van der Waals surface area contributed by atoms with Gasteiger partial charge in [0.2, 0.25) is 0 Å². The van der Waals surface area contributed by atoms with Crippen LogP contribution in [0.1, 0.15) is 43.7 Å². The number of piperidine rings is 1. The number of likely N-dealkylation sites (N-methyl/N-ethyl adjacent to an activating group) is 1. The summed E-state index contributed by atoms with van der Waals surface area (Å²) in [5.41, 5.74) is 1.38. The molecular weight excluding hydrogens is 462 g/mol. The lowest BCUT2D eigenvalue weighted by molar-refractivity contribution is 0.0860. The third-order valence-electron chi connectivity index (χ3n) is 7.45. The van der Waals surface area contributed by atoms with Crippen molar-refractivity contribution >= 4 is 5.84 Å². The van der Waals surface area contributed by atoms with Gasteiger partial charge in [0.25, 0.3) is 0 Å². The molecule has 8 heteroatoms. The second kappa shape index (κ2) is 12.5. The van der Waals surface area contributed by atoms with Crippen molar-refractivity contribution in [3.63, 3.8) is 0 Å². The third-order valence-corrected chi connectivity index (χ3v) is 7.45. The average Bonchev–Trinajstić information content (AvgIpc) is 3.37. The maximum absolute atomic E-state index is 14.2. The van der Waals surface area contributed by atoms with Crippen LogP contribution < -0.4 is 4.74 Å². The summed E-state index contributed by atoms with van der Waals surface area (Å²) >= 11 is 0. The largest absolute Gasteiger partial charge is 0.493 e. The molecule has 2 atom stereocenters. The van der Waals surface area contributed by atoms with Crippen molar-refractivity contribution in [3.8, 4) is 5.75 Å². The number of nitrogens with zero attached hydrogens (tertiary/aromatic N) is 4. The number of rotatable bonds is 9. The average molecular weight is 501 g/mol. The lowest BCUT2D eigenvalue weighted by atomic mass is 9.94. The van der Waals surface area contributed by atoms with Crippen LogP contribution >= 0.6 is 0 Å². The number of oxime groups is 1. The molecule has 2 unspecified atom stereocenters. The smallest absolute Gasteiger partial charge is 0.178 e. The van der Waals surface area contributed by atoms with Crippen LogP contribution in [0.25, 0.3) is 0 Å². The standard InChI is InChI=1S/C28H38F2N4O2/c1-21-8-9-23(20-36-25-7-5-6-22(16-25)18-33-12-3-4-13-33)19-34(21)15-14-32(2)28(31-35)26-11-10-24(29)17-27(26)30/h5-7,10-11,16-17,21,23,35H,3-4,8-9,12-15,18-20H2,1-2H3/b31-28-. The van der Waals surface area contributed by atoms with E-state index in [1.54, 1.807) is 11.9 Å². The molecule has 0 radical (unpaired) electrons. The number of amidine groups is 1. The van der Waals surface area contributed by atoms with Gasteiger partial charge in [0, 0.05) is 51.3 Å². The molecule has 196 valence electrons. The Balaban J connectivity index is 1.28.